The second-order valence-corrected chi connectivity index (χ2v) is 3.93. The van der Waals surface area contributed by atoms with Gasteiger partial charge in [-0.25, -0.2) is 0 Å². The third kappa shape index (κ3) is 2.48. The fourth-order valence-electron chi connectivity index (χ4n) is 1.66. The summed E-state index contributed by atoms with van der Waals surface area (Å²) in [6.45, 7) is -5.53. The summed E-state index contributed by atoms with van der Waals surface area (Å²) in [4.78, 5) is 3.93. The minimum absolute atomic E-state index is 0.162. The first kappa shape index (κ1) is 4.29. The van der Waals surface area contributed by atoms with E-state index in [1.807, 2.05) is 0 Å². The summed E-state index contributed by atoms with van der Waals surface area (Å²) in [6.07, 6.45) is 0.879. The lowest BCUT2D eigenvalue weighted by molar-refractivity contribution is 1.27. The molecule has 1 heterocycles. The summed E-state index contributed by atoms with van der Waals surface area (Å²) >= 11 is 0. The maximum Gasteiger partial charge on any atom is 0.0702 e. The quantitative estimate of drug-likeness (QED) is 0.638. The molecule has 98 valence electrons. The Morgan fingerprint density at radius 1 is 0.950 bits per heavy atom. The second kappa shape index (κ2) is 5.30. The van der Waals surface area contributed by atoms with Crippen molar-refractivity contribution < 1.29 is 19.2 Å². The third-order valence-electron chi connectivity index (χ3n) is 2.59. The van der Waals surface area contributed by atoms with Crippen LogP contribution in [0.25, 0.3) is 22.4 Å². The zero-order chi connectivity index (χ0) is 25.9. The highest BCUT2D eigenvalue weighted by atomic mass is 14.7. The summed E-state index contributed by atoms with van der Waals surface area (Å²) in [7, 11) is 0. The zero-order valence-electron chi connectivity index (χ0n) is 24.2. The molecule has 0 aliphatic heterocycles. The van der Waals surface area contributed by atoms with Crippen LogP contribution in [0.1, 0.15) is 30.3 Å². The Hall–Kier alpha value is -2.41. The van der Waals surface area contributed by atoms with Crippen molar-refractivity contribution in [3.8, 4) is 22.4 Å². The number of aryl methyl sites for hydroxylation is 2. The number of hydrogen-bond donors (Lipinski definition) is 0. The Kier molecular flexibility index (Phi) is 1.14. The van der Waals surface area contributed by atoms with Crippen LogP contribution in [-0.4, -0.2) is 4.98 Å². The molecule has 0 saturated heterocycles. The van der Waals surface area contributed by atoms with E-state index in [-0.39, 0.29) is 11.3 Å². The SMILES string of the molecule is [2H]c1c(C([2H])([2H])[2H])cnc(-c2ccc(C([2H])([2H])[2H])c(-c3c([2H])c([2H])c([2H])c([2H])c3[2H])c2[2H])c1[2H]. The van der Waals surface area contributed by atoms with Crippen LogP contribution >= 0.6 is 0 Å². The van der Waals surface area contributed by atoms with Crippen molar-refractivity contribution in [2.45, 2.75) is 13.7 Å². The summed E-state index contributed by atoms with van der Waals surface area (Å²) in [5.74, 6) is 0. The molecule has 0 spiro atoms. The molecule has 1 nitrogen and oxygen atoms in total. The van der Waals surface area contributed by atoms with Gasteiger partial charge in [0.05, 0.1) is 16.7 Å². The van der Waals surface area contributed by atoms with Crippen molar-refractivity contribution >= 4 is 0 Å². The third-order valence-corrected chi connectivity index (χ3v) is 2.59. The van der Waals surface area contributed by atoms with Crippen LogP contribution in [0.15, 0.2) is 66.7 Å². The van der Waals surface area contributed by atoms with Gasteiger partial charge < -0.3 is 0 Å². The first-order valence-electron chi connectivity index (χ1n) is 12.7. The minimum atomic E-state index is -2.82. The average molecular weight is 273 g/mol. The Morgan fingerprint density at radius 2 is 1.85 bits per heavy atom. The summed E-state index contributed by atoms with van der Waals surface area (Å²) in [6, 6.07) is -3.14. The molecule has 2 aromatic carbocycles. The van der Waals surface area contributed by atoms with E-state index >= 15 is 0 Å². The van der Waals surface area contributed by atoms with E-state index in [1.165, 1.54) is 0 Å². The molecule has 1 aromatic heterocycles. The standard InChI is InChI=1S/C19H17N/c1-14-8-11-19(20-13-14)17-10-9-15(2)18(12-17)16-6-4-3-5-7-16/h3-13H,1-2H3/i1D3,2D3,3D,4D,5D,6D,7D,8D,11D,12D. The van der Waals surface area contributed by atoms with Gasteiger partial charge in [-0.15, -0.1) is 0 Å². The van der Waals surface area contributed by atoms with Crippen LogP contribution in [0.3, 0.4) is 0 Å². The smallest absolute Gasteiger partial charge is 0.0702 e. The monoisotopic (exact) mass is 273 g/mol. The van der Waals surface area contributed by atoms with Crippen LogP contribution in [0.5, 0.6) is 0 Å². The van der Waals surface area contributed by atoms with Crippen LogP contribution < -0.4 is 0 Å². The molecule has 0 fully saturated rings. The normalized spacial score (nSPS) is 21.8. The first-order valence-corrected chi connectivity index (χ1v) is 5.68. The van der Waals surface area contributed by atoms with Crippen molar-refractivity contribution in [2.75, 3.05) is 0 Å². The molecule has 0 saturated carbocycles. The maximum atomic E-state index is 8.69. The van der Waals surface area contributed by atoms with Gasteiger partial charge in [-0.2, -0.15) is 0 Å². The zero-order valence-corrected chi connectivity index (χ0v) is 10.2. The van der Waals surface area contributed by atoms with Gasteiger partial charge in [0, 0.05) is 20.0 Å². The van der Waals surface area contributed by atoms with E-state index in [9.17, 15) is 0 Å². The Bertz CT molecular complexity index is 1280. The maximum absolute atomic E-state index is 8.69. The second-order valence-electron chi connectivity index (χ2n) is 3.93. The average Bonchev–Trinajstić information content (AvgIpc) is 2.72. The first-order chi connectivity index (χ1) is 15.5. The summed E-state index contributed by atoms with van der Waals surface area (Å²) < 4.78 is 111. The fraction of sp³-hybridized carbons (Fsp3) is 0.105. The molecule has 0 atom stereocenters. The molecular formula is C19H17N. The number of pyridine rings is 1. The van der Waals surface area contributed by atoms with Gasteiger partial charge in [0.1, 0.15) is 0 Å². The van der Waals surface area contributed by atoms with Gasteiger partial charge in [0.15, 0.2) is 0 Å². The van der Waals surface area contributed by atoms with Gasteiger partial charge in [-0.3, -0.25) is 4.98 Å². The molecule has 0 aliphatic carbocycles. The highest BCUT2D eigenvalue weighted by molar-refractivity contribution is 5.74. The van der Waals surface area contributed by atoms with Crippen LogP contribution in [0.4, 0.5) is 0 Å². The van der Waals surface area contributed by atoms with Crippen LogP contribution in [-0.2, 0) is 0 Å². The number of aromatic nitrogens is 1. The molecule has 1 heteroatoms. The van der Waals surface area contributed by atoms with Gasteiger partial charge in [0.2, 0.25) is 0 Å². The van der Waals surface area contributed by atoms with E-state index in [2.05, 4.69) is 4.98 Å². The molecule has 0 unspecified atom stereocenters. The number of rotatable bonds is 2. The Labute approximate surface area is 139 Å². The molecule has 3 aromatic rings. The van der Waals surface area contributed by atoms with E-state index in [1.54, 1.807) is 0 Å². The number of benzene rings is 2. The predicted molar refractivity (Wildman–Crippen MR) is 84.6 cm³/mol. The molecular weight excluding hydrogens is 242 g/mol. The lowest BCUT2D eigenvalue weighted by atomic mass is 9.97. The van der Waals surface area contributed by atoms with E-state index in [4.69, 9.17) is 19.2 Å². The van der Waals surface area contributed by atoms with Crippen molar-refractivity contribution in [2.24, 2.45) is 0 Å². The number of hydrogen-bond acceptors (Lipinski definition) is 1. The van der Waals surface area contributed by atoms with Gasteiger partial charge in [0.25, 0.3) is 0 Å². The predicted octanol–water partition coefficient (Wildman–Crippen LogP) is 5.03. The van der Waals surface area contributed by atoms with Crippen molar-refractivity contribution in [3.63, 3.8) is 0 Å². The van der Waals surface area contributed by atoms with Crippen molar-refractivity contribution in [1.29, 1.82) is 0 Å². The van der Waals surface area contributed by atoms with E-state index in [0.29, 0.717) is 0 Å². The van der Waals surface area contributed by atoms with Crippen LogP contribution in [0, 0.1) is 13.7 Å². The summed E-state index contributed by atoms with van der Waals surface area (Å²) in [5.41, 5.74) is -2.32. The van der Waals surface area contributed by atoms with E-state index in [0.717, 1.165) is 18.3 Å². The largest absolute Gasteiger partial charge is 0.256 e. The Morgan fingerprint density at radius 3 is 2.65 bits per heavy atom. The topological polar surface area (TPSA) is 12.9 Å². The molecule has 20 heavy (non-hydrogen) atoms. The molecule has 0 aliphatic rings. The van der Waals surface area contributed by atoms with Gasteiger partial charge in [-0.05, 0) is 48.0 Å². The highest BCUT2D eigenvalue weighted by Crippen LogP contribution is 2.28. The van der Waals surface area contributed by atoms with Crippen molar-refractivity contribution in [3.05, 3.63) is 77.8 Å². The fourth-order valence-corrected chi connectivity index (χ4v) is 1.66. The Balaban J connectivity index is 2.46. The minimum Gasteiger partial charge on any atom is -0.256 e. The lowest BCUT2D eigenvalue weighted by Gasteiger charge is -2.09. The molecule has 0 bridgehead atoms. The lowest BCUT2D eigenvalue weighted by Crippen LogP contribution is -1.88. The van der Waals surface area contributed by atoms with E-state index < -0.39 is 84.3 Å². The molecule has 0 N–H and O–H groups in total. The van der Waals surface area contributed by atoms with Gasteiger partial charge in [-0.1, -0.05) is 48.4 Å². The highest BCUT2D eigenvalue weighted by Gasteiger charge is 2.05. The number of nitrogens with zero attached hydrogens (tertiary/aromatic N) is 1. The van der Waals surface area contributed by atoms with Gasteiger partial charge >= 0.3 is 0 Å². The van der Waals surface area contributed by atoms with Crippen molar-refractivity contribution in [1.82, 2.24) is 4.98 Å². The molecule has 0 amide bonds. The molecule has 0 radical (unpaired) electrons. The molecule has 3 rings (SSSR count). The summed E-state index contributed by atoms with van der Waals surface area (Å²) in [5, 5.41) is 0. The van der Waals surface area contributed by atoms with Crippen LogP contribution in [0.2, 0.25) is 0 Å².